The van der Waals surface area contributed by atoms with Crippen molar-refractivity contribution in [2.24, 2.45) is 5.41 Å². The molecule has 0 amide bonds. The summed E-state index contributed by atoms with van der Waals surface area (Å²) < 4.78 is 6.90. The first kappa shape index (κ1) is 15.4. The summed E-state index contributed by atoms with van der Waals surface area (Å²) in [4.78, 5) is 0. The minimum Gasteiger partial charge on any atom is -0.468 e. The van der Waals surface area contributed by atoms with E-state index in [1.54, 1.807) is 0 Å². The van der Waals surface area contributed by atoms with Gasteiger partial charge < -0.3 is 8.60 Å². The van der Waals surface area contributed by atoms with Crippen LogP contribution in [-0.2, 0) is 4.12 Å². The van der Waals surface area contributed by atoms with Crippen LogP contribution in [0.2, 0.25) is 5.54 Å². The summed E-state index contributed by atoms with van der Waals surface area (Å²) in [6, 6.07) is 0. The molecule has 0 aromatic carbocycles. The molecule has 0 bridgehead atoms. The summed E-state index contributed by atoms with van der Waals surface area (Å²) in [5.41, 5.74) is 1.46. The predicted octanol–water partition coefficient (Wildman–Crippen LogP) is 1.22. The summed E-state index contributed by atoms with van der Waals surface area (Å²) in [7, 11) is 3.04. The van der Waals surface area contributed by atoms with Crippen LogP contribution >= 0.6 is 0 Å². The third-order valence-electron chi connectivity index (χ3n) is 6.13. The highest BCUT2D eigenvalue weighted by Gasteiger charge is 2.54. The highest BCUT2D eigenvalue weighted by molar-refractivity contribution is 6.36. The van der Waals surface area contributed by atoms with E-state index < -0.39 is 0 Å². The zero-order valence-electron chi connectivity index (χ0n) is 13.0. The van der Waals surface area contributed by atoms with Crippen LogP contribution in [0.5, 0.6) is 0 Å². The van der Waals surface area contributed by atoms with Crippen LogP contribution in [-0.4, -0.2) is 50.4 Å². The van der Waals surface area contributed by atoms with E-state index in [-0.39, 0.29) is 9.76 Å². The van der Waals surface area contributed by atoms with E-state index in [1.165, 1.54) is 30.4 Å². The van der Waals surface area contributed by atoms with Crippen molar-refractivity contribution in [1.82, 2.24) is 0 Å². The highest BCUT2D eigenvalue weighted by atomic mass is 28.3. The third kappa shape index (κ3) is 2.55. The van der Waals surface area contributed by atoms with E-state index in [0.717, 1.165) is 16.0 Å². The Kier molecular flexibility index (Phi) is 4.67. The van der Waals surface area contributed by atoms with Crippen LogP contribution in [0.3, 0.4) is 0 Å². The van der Waals surface area contributed by atoms with Gasteiger partial charge in [-0.05, 0) is 19.4 Å². The Balaban J connectivity index is 2.94. The number of hydrogen-bond donors (Lipinski definition) is 0. The second kappa shape index (κ2) is 5.15. The molecule has 0 N–H and O–H groups in total. The Morgan fingerprint density at radius 1 is 1.18 bits per heavy atom. The van der Waals surface area contributed by atoms with Crippen molar-refractivity contribution in [3.8, 4) is 0 Å². The van der Waals surface area contributed by atoms with Gasteiger partial charge in [-0.1, -0.05) is 20.8 Å². The Labute approximate surface area is 113 Å². The van der Waals surface area contributed by atoms with Crippen LogP contribution in [0.1, 0.15) is 47.5 Å². The van der Waals surface area contributed by atoms with Gasteiger partial charge in [-0.3, -0.25) is 0 Å². The summed E-state index contributed by atoms with van der Waals surface area (Å²) >= 11 is 0. The maximum absolute atomic E-state index is 5.65. The molecule has 1 unspecified atom stereocenters. The lowest BCUT2D eigenvalue weighted by molar-refractivity contribution is -0.952. The Bertz CT molecular complexity index is 260. The molecule has 0 radical (unpaired) electrons. The molecule has 1 heterocycles. The Morgan fingerprint density at radius 3 is 2.06 bits per heavy atom. The molecule has 102 valence electrons. The number of quaternary nitrogens is 1. The van der Waals surface area contributed by atoms with Crippen LogP contribution in [0.25, 0.3) is 0 Å². The van der Waals surface area contributed by atoms with Gasteiger partial charge in [-0.25, -0.2) is 0 Å². The molecule has 4 heteroatoms. The van der Waals surface area contributed by atoms with Gasteiger partial charge in [-0.15, -0.1) is 0 Å². The predicted molar refractivity (Wildman–Crippen MR) is 82.0 cm³/mol. The van der Waals surface area contributed by atoms with Gasteiger partial charge in [0.15, 0.2) is 0 Å². The first-order chi connectivity index (χ1) is 7.69. The van der Waals surface area contributed by atoms with E-state index in [2.05, 4.69) is 41.7 Å². The van der Waals surface area contributed by atoms with Crippen LogP contribution in [0, 0.1) is 5.41 Å². The van der Waals surface area contributed by atoms with Crippen molar-refractivity contribution < 1.29 is 8.60 Å². The van der Waals surface area contributed by atoms with Gasteiger partial charge in [0.2, 0.25) is 0 Å². The minimum atomic E-state index is -0.339. The molecule has 1 aliphatic rings. The molecule has 2 nitrogen and oxygen atoms in total. The maximum atomic E-state index is 5.65. The van der Waals surface area contributed by atoms with Gasteiger partial charge >= 0.3 is 0 Å². The maximum Gasteiger partial charge on any atom is 0.149 e. The molecule has 0 aliphatic carbocycles. The summed E-state index contributed by atoms with van der Waals surface area (Å²) in [6.07, 6.45) is 2.80. The average molecular weight is 275 g/mol. The van der Waals surface area contributed by atoms with Crippen LogP contribution in [0.4, 0.5) is 0 Å². The van der Waals surface area contributed by atoms with Crippen molar-refractivity contribution in [1.29, 1.82) is 0 Å². The highest BCUT2D eigenvalue weighted by Crippen LogP contribution is 2.48. The third-order valence-corrected chi connectivity index (χ3v) is 8.98. The van der Waals surface area contributed by atoms with Crippen LogP contribution < -0.4 is 0 Å². The molecule has 0 aromatic heterocycles. The van der Waals surface area contributed by atoms with Crippen LogP contribution in [0.15, 0.2) is 0 Å². The molecule has 0 saturated carbocycles. The van der Waals surface area contributed by atoms with Gasteiger partial charge in [0.1, 0.15) is 20.2 Å². The monoisotopic (exact) mass is 274 g/mol. The normalized spacial score (nSPS) is 23.6. The van der Waals surface area contributed by atoms with Gasteiger partial charge in [-0.2, -0.15) is 0 Å². The molecule has 0 spiro atoms. The van der Waals surface area contributed by atoms with Crippen molar-refractivity contribution in [2.45, 2.75) is 58.5 Å². The quantitative estimate of drug-likeness (QED) is 0.541. The van der Waals surface area contributed by atoms with E-state index in [9.17, 15) is 0 Å². The molecule has 0 aromatic rings. The fourth-order valence-electron chi connectivity index (χ4n) is 3.35. The summed E-state index contributed by atoms with van der Waals surface area (Å²) in [5.74, 6) is 0. The fourth-order valence-corrected chi connectivity index (χ4v) is 6.27. The van der Waals surface area contributed by atoms with Crippen molar-refractivity contribution in [2.75, 3.05) is 20.1 Å². The van der Waals surface area contributed by atoms with E-state index in [1.807, 2.05) is 0 Å². The van der Waals surface area contributed by atoms with Gasteiger partial charge in [0.25, 0.3) is 0 Å². The molecule has 1 saturated heterocycles. The Morgan fingerprint density at radius 2 is 1.65 bits per heavy atom. The number of rotatable bonds is 5. The molecule has 1 rings (SSSR count). The average Bonchev–Trinajstić information content (AvgIpc) is 2.66. The molecular weight excluding hydrogens is 242 g/mol. The molecule has 1 fully saturated rings. The fraction of sp³-hybridized carbons (Fsp3) is 1.00. The zero-order chi connectivity index (χ0) is 13.3. The summed E-state index contributed by atoms with van der Waals surface area (Å²) in [6.45, 7) is 15.0. The molecule has 1 aliphatic heterocycles. The van der Waals surface area contributed by atoms with Gasteiger partial charge in [0, 0.05) is 18.3 Å². The SMILES string of the molecule is CC([SiH2]O[SiH3])C(C)(C)C(C)(C)[N+]1(C)CCCC1. The second-order valence-corrected chi connectivity index (χ2v) is 11.1. The van der Waals surface area contributed by atoms with E-state index in [0.29, 0.717) is 11.0 Å². The van der Waals surface area contributed by atoms with Gasteiger partial charge in [0.05, 0.1) is 25.7 Å². The summed E-state index contributed by atoms with van der Waals surface area (Å²) in [5, 5.41) is 0. The second-order valence-electron chi connectivity index (χ2n) is 7.19. The lowest BCUT2D eigenvalue weighted by Gasteiger charge is -2.55. The largest absolute Gasteiger partial charge is 0.468 e. The van der Waals surface area contributed by atoms with Crippen molar-refractivity contribution in [3.63, 3.8) is 0 Å². The smallest absolute Gasteiger partial charge is 0.149 e. The first-order valence-corrected chi connectivity index (χ1v) is 9.23. The van der Waals surface area contributed by atoms with Crippen molar-refractivity contribution in [3.05, 3.63) is 0 Å². The number of likely N-dealkylation sites (tertiary alicyclic amines) is 1. The Hall–Kier alpha value is 0.354. The molecule has 1 atom stereocenters. The minimum absolute atomic E-state index is 0.339. The molecule has 17 heavy (non-hydrogen) atoms. The first-order valence-electron chi connectivity index (χ1n) is 7.02. The lowest BCUT2D eigenvalue weighted by atomic mass is 9.70. The van der Waals surface area contributed by atoms with E-state index >= 15 is 0 Å². The topological polar surface area (TPSA) is 9.23 Å². The number of hydrogen-bond acceptors (Lipinski definition) is 1. The zero-order valence-corrected chi connectivity index (χ0v) is 16.4. The standard InChI is InChI=1S/C13H32NOSi2/c1-11(17-15-16)12(2,3)13(4,5)14(6)9-7-8-10-14/h11H,7-10,17H2,1-6,16H3/q+1. The van der Waals surface area contributed by atoms with Crippen molar-refractivity contribution >= 4 is 20.2 Å². The molecular formula is C13H32NOSi2+. The lowest BCUT2D eigenvalue weighted by Crippen LogP contribution is -2.65. The van der Waals surface area contributed by atoms with E-state index in [4.69, 9.17) is 4.12 Å². The number of nitrogens with zero attached hydrogens (tertiary/aromatic N) is 1.